The number of nitrogens with one attached hydrogen (secondary N) is 1. The van der Waals surface area contributed by atoms with Crippen LogP contribution < -0.4 is 10.1 Å². The van der Waals surface area contributed by atoms with Crippen molar-refractivity contribution in [2.75, 3.05) is 19.7 Å². The number of hydrogen-bond donors (Lipinski definition) is 2. The smallest absolute Gasteiger partial charge is 0.304 e. The second-order valence-electron chi connectivity index (χ2n) is 6.17. The van der Waals surface area contributed by atoms with Crippen molar-refractivity contribution in [3.05, 3.63) is 65.2 Å². The molecule has 0 heterocycles. The SMILES string of the molecule is Cc1ccccc1CCOc1cccc(CCCNCCC(=O)O)c1. The van der Waals surface area contributed by atoms with E-state index in [9.17, 15) is 4.79 Å². The third-order valence-electron chi connectivity index (χ3n) is 4.13. The van der Waals surface area contributed by atoms with Crippen molar-refractivity contribution >= 4 is 5.97 Å². The fraction of sp³-hybridized carbons (Fsp3) is 0.381. The van der Waals surface area contributed by atoms with Crippen LogP contribution in [0.2, 0.25) is 0 Å². The van der Waals surface area contributed by atoms with E-state index in [-0.39, 0.29) is 6.42 Å². The monoisotopic (exact) mass is 341 g/mol. The molecule has 2 N–H and O–H groups in total. The highest BCUT2D eigenvalue weighted by Gasteiger charge is 2.01. The highest BCUT2D eigenvalue weighted by atomic mass is 16.5. The predicted octanol–water partition coefficient (Wildman–Crippen LogP) is 3.61. The van der Waals surface area contributed by atoms with E-state index in [4.69, 9.17) is 9.84 Å². The summed E-state index contributed by atoms with van der Waals surface area (Å²) < 4.78 is 5.90. The molecule has 0 fully saturated rings. The summed E-state index contributed by atoms with van der Waals surface area (Å²) in [5.74, 6) is 0.146. The van der Waals surface area contributed by atoms with Crippen LogP contribution in [0.1, 0.15) is 29.5 Å². The standard InChI is InChI=1S/C21H27NO3/c1-17-6-2-3-9-19(17)12-15-25-20-10-4-7-18(16-20)8-5-13-22-14-11-21(23)24/h2-4,6-7,9-10,16,22H,5,8,11-15H2,1H3,(H,23,24). The number of benzene rings is 2. The molecule has 0 aliphatic heterocycles. The van der Waals surface area contributed by atoms with Crippen LogP contribution in [0.5, 0.6) is 5.75 Å². The summed E-state index contributed by atoms with van der Waals surface area (Å²) in [6, 6.07) is 16.6. The summed E-state index contributed by atoms with van der Waals surface area (Å²) in [6.45, 7) is 4.15. The largest absolute Gasteiger partial charge is 0.493 e. The van der Waals surface area contributed by atoms with Gasteiger partial charge in [0.15, 0.2) is 0 Å². The Bertz CT molecular complexity index is 670. The Kier molecular flexibility index (Phi) is 7.99. The van der Waals surface area contributed by atoms with Gasteiger partial charge in [-0.05, 0) is 55.1 Å². The maximum Gasteiger partial charge on any atom is 0.304 e. The first-order valence-electron chi connectivity index (χ1n) is 8.84. The molecule has 2 aromatic rings. The molecular weight excluding hydrogens is 314 g/mol. The molecular formula is C21H27NO3. The van der Waals surface area contributed by atoms with E-state index in [1.54, 1.807) is 0 Å². The lowest BCUT2D eigenvalue weighted by Gasteiger charge is -2.10. The maximum absolute atomic E-state index is 10.4. The first kappa shape index (κ1) is 19.0. The molecule has 0 unspecified atom stereocenters. The average Bonchev–Trinajstić information content (AvgIpc) is 2.60. The van der Waals surface area contributed by atoms with Crippen molar-refractivity contribution in [3.63, 3.8) is 0 Å². The molecule has 0 radical (unpaired) electrons. The summed E-state index contributed by atoms with van der Waals surface area (Å²) in [5.41, 5.74) is 3.87. The minimum absolute atomic E-state index is 0.171. The number of aryl methyl sites for hydroxylation is 2. The molecule has 4 nitrogen and oxygen atoms in total. The van der Waals surface area contributed by atoms with Gasteiger partial charge in [-0.1, -0.05) is 36.4 Å². The summed E-state index contributed by atoms with van der Waals surface area (Å²) in [7, 11) is 0. The Hall–Kier alpha value is -2.33. The molecule has 0 saturated heterocycles. The van der Waals surface area contributed by atoms with E-state index in [0.717, 1.165) is 31.6 Å². The number of ether oxygens (including phenoxy) is 1. The Labute approximate surface area is 149 Å². The van der Waals surface area contributed by atoms with Crippen molar-refractivity contribution in [1.82, 2.24) is 5.32 Å². The summed E-state index contributed by atoms with van der Waals surface area (Å²) >= 11 is 0. The predicted molar refractivity (Wildman–Crippen MR) is 100 cm³/mol. The number of rotatable bonds is 11. The van der Waals surface area contributed by atoms with Gasteiger partial charge in [0.1, 0.15) is 5.75 Å². The molecule has 0 aromatic heterocycles. The van der Waals surface area contributed by atoms with Crippen LogP contribution in [0.4, 0.5) is 0 Å². The van der Waals surface area contributed by atoms with Crippen molar-refractivity contribution in [2.24, 2.45) is 0 Å². The fourth-order valence-electron chi connectivity index (χ4n) is 2.70. The minimum Gasteiger partial charge on any atom is -0.493 e. The van der Waals surface area contributed by atoms with Gasteiger partial charge in [0.25, 0.3) is 0 Å². The van der Waals surface area contributed by atoms with Gasteiger partial charge in [-0.15, -0.1) is 0 Å². The molecule has 25 heavy (non-hydrogen) atoms. The lowest BCUT2D eigenvalue weighted by atomic mass is 10.1. The molecule has 0 aliphatic rings. The number of carbonyl (C=O) groups is 1. The molecule has 4 heteroatoms. The molecule has 0 spiro atoms. The van der Waals surface area contributed by atoms with Crippen LogP contribution in [0, 0.1) is 6.92 Å². The van der Waals surface area contributed by atoms with Gasteiger partial charge in [-0.3, -0.25) is 4.79 Å². The lowest BCUT2D eigenvalue weighted by Crippen LogP contribution is -2.19. The Morgan fingerprint density at radius 1 is 1.08 bits per heavy atom. The molecule has 0 aliphatic carbocycles. The zero-order valence-electron chi connectivity index (χ0n) is 14.8. The van der Waals surface area contributed by atoms with Gasteiger partial charge >= 0.3 is 5.97 Å². The quantitative estimate of drug-likeness (QED) is 0.613. The van der Waals surface area contributed by atoms with Gasteiger partial charge in [0.2, 0.25) is 0 Å². The van der Waals surface area contributed by atoms with Gasteiger partial charge < -0.3 is 15.2 Å². The molecule has 2 rings (SSSR count). The van der Waals surface area contributed by atoms with E-state index in [2.05, 4.69) is 48.6 Å². The van der Waals surface area contributed by atoms with Crippen molar-refractivity contribution in [2.45, 2.75) is 32.6 Å². The van der Waals surface area contributed by atoms with E-state index in [0.29, 0.717) is 13.2 Å². The Morgan fingerprint density at radius 3 is 2.72 bits per heavy atom. The fourth-order valence-corrected chi connectivity index (χ4v) is 2.70. The maximum atomic E-state index is 10.4. The topological polar surface area (TPSA) is 58.6 Å². The van der Waals surface area contributed by atoms with E-state index in [1.807, 2.05) is 12.1 Å². The third kappa shape index (κ3) is 7.40. The van der Waals surface area contributed by atoms with E-state index in [1.165, 1.54) is 16.7 Å². The average molecular weight is 341 g/mol. The van der Waals surface area contributed by atoms with Crippen LogP contribution in [-0.2, 0) is 17.6 Å². The van der Waals surface area contributed by atoms with Crippen molar-refractivity contribution < 1.29 is 14.6 Å². The highest BCUT2D eigenvalue weighted by Crippen LogP contribution is 2.15. The first-order valence-corrected chi connectivity index (χ1v) is 8.84. The first-order chi connectivity index (χ1) is 12.1. The van der Waals surface area contributed by atoms with Gasteiger partial charge in [-0.2, -0.15) is 0 Å². The number of aliphatic carboxylic acids is 1. The van der Waals surface area contributed by atoms with Crippen LogP contribution in [0.25, 0.3) is 0 Å². The van der Waals surface area contributed by atoms with Gasteiger partial charge in [0, 0.05) is 13.0 Å². The molecule has 0 atom stereocenters. The van der Waals surface area contributed by atoms with E-state index >= 15 is 0 Å². The molecule has 0 bridgehead atoms. The molecule has 134 valence electrons. The van der Waals surface area contributed by atoms with Crippen molar-refractivity contribution in [3.8, 4) is 5.75 Å². The van der Waals surface area contributed by atoms with Gasteiger partial charge in [-0.25, -0.2) is 0 Å². The van der Waals surface area contributed by atoms with Crippen LogP contribution >= 0.6 is 0 Å². The highest BCUT2D eigenvalue weighted by molar-refractivity contribution is 5.66. The number of hydrogen-bond acceptors (Lipinski definition) is 3. The second kappa shape index (κ2) is 10.5. The lowest BCUT2D eigenvalue weighted by molar-refractivity contribution is -0.136. The summed E-state index contributed by atoms with van der Waals surface area (Å²) in [4.78, 5) is 10.4. The Balaban J connectivity index is 1.70. The normalized spacial score (nSPS) is 10.6. The number of carboxylic acids is 1. The van der Waals surface area contributed by atoms with Crippen LogP contribution in [0.15, 0.2) is 48.5 Å². The summed E-state index contributed by atoms with van der Waals surface area (Å²) in [6.07, 6.45) is 3.01. The summed E-state index contributed by atoms with van der Waals surface area (Å²) in [5, 5.41) is 11.7. The second-order valence-corrected chi connectivity index (χ2v) is 6.17. The molecule has 2 aromatic carbocycles. The third-order valence-corrected chi connectivity index (χ3v) is 4.13. The van der Waals surface area contributed by atoms with Crippen molar-refractivity contribution in [1.29, 1.82) is 0 Å². The van der Waals surface area contributed by atoms with Crippen LogP contribution in [0.3, 0.4) is 0 Å². The van der Waals surface area contributed by atoms with E-state index < -0.39 is 5.97 Å². The minimum atomic E-state index is -0.761. The number of carboxylic acid groups (broad SMARTS) is 1. The molecule has 0 amide bonds. The van der Waals surface area contributed by atoms with Gasteiger partial charge in [0.05, 0.1) is 13.0 Å². The zero-order chi connectivity index (χ0) is 17.9. The van der Waals surface area contributed by atoms with Crippen LogP contribution in [-0.4, -0.2) is 30.8 Å². The molecule has 0 saturated carbocycles. The zero-order valence-corrected chi connectivity index (χ0v) is 14.8. The Morgan fingerprint density at radius 2 is 1.92 bits per heavy atom.